The molecule has 1 amide bonds. The molecule has 1 heterocycles. The summed E-state index contributed by atoms with van der Waals surface area (Å²) in [5.41, 5.74) is 1.71. The molecule has 4 heteroatoms. The first-order valence-corrected chi connectivity index (χ1v) is 6.82. The molecule has 2 rings (SSSR count). The van der Waals surface area contributed by atoms with Crippen LogP contribution in [0.2, 0.25) is 0 Å². The van der Waals surface area contributed by atoms with Gasteiger partial charge in [-0.3, -0.25) is 4.79 Å². The van der Waals surface area contributed by atoms with Gasteiger partial charge < -0.3 is 15.7 Å². The van der Waals surface area contributed by atoms with E-state index in [0.29, 0.717) is 6.54 Å². The van der Waals surface area contributed by atoms with E-state index < -0.39 is 0 Å². The molecule has 0 saturated carbocycles. The Labute approximate surface area is 114 Å². The Morgan fingerprint density at radius 2 is 1.84 bits per heavy atom. The highest BCUT2D eigenvalue weighted by atomic mass is 16.3. The lowest BCUT2D eigenvalue weighted by Crippen LogP contribution is -2.45. The van der Waals surface area contributed by atoms with Crippen molar-refractivity contribution >= 4 is 5.91 Å². The normalized spacial score (nSPS) is 18.0. The first-order chi connectivity index (χ1) is 9.14. The van der Waals surface area contributed by atoms with Gasteiger partial charge in [0, 0.05) is 12.0 Å². The molecular formula is C15H22N2O2. The van der Waals surface area contributed by atoms with E-state index in [1.165, 1.54) is 0 Å². The summed E-state index contributed by atoms with van der Waals surface area (Å²) in [6, 6.07) is 7.65. The van der Waals surface area contributed by atoms with Crippen LogP contribution in [-0.4, -0.2) is 24.1 Å². The maximum Gasteiger partial charge on any atom is 0.226 e. The molecule has 0 radical (unpaired) electrons. The second kappa shape index (κ2) is 6.17. The largest absolute Gasteiger partial charge is 0.392 e. The zero-order chi connectivity index (χ0) is 13.7. The van der Waals surface area contributed by atoms with Gasteiger partial charge in [-0.2, -0.15) is 0 Å². The number of carbonyl (C=O) groups is 1. The van der Waals surface area contributed by atoms with Gasteiger partial charge in [0.05, 0.1) is 6.61 Å². The van der Waals surface area contributed by atoms with E-state index in [1.807, 2.05) is 31.2 Å². The van der Waals surface area contributed by atoms with Crippen LogP contribution in [-0.2, 0) is 17.9 Å². The minimum atomic E-state index is -0.240. The monoisotopic (exact) mass is 262 g/mol. The number of rotatable bonds is 4. The van der Waals surface area contributed by atoms with Gasteiger partial charge in [0.15, 0.2) is 0 Å². The van der Waals surface area contributed by atoms with E-state index in [0.717, 1.165) is 37.1 Å². The lowest BCUT2D eigenvalue weighted by atomic mass is 9.80. The number of carbonyl (C=O) groups excluding carboxylic acids is 1. The quantitative estimate of drug-likeness (QED) is 0.763. The molecule has 19 heavy (non-hydrogen) atoms. The SMILES string of the molecule is CC1(C(=O)NCc2ccc(CO)cc2)CCNCC1. The first kappa shape index (κ1) is 14.0. The fourth-order valence-electron chi connectivity index (χ4n) is 2.36. The Morgan fingerprint density at radius 1 is 1.26 bits per heavy atom. The Bertz CT molecular complexity index is 422. The van der Waals surface area contributed by atoms with E-state index >= 15 is 0 Å². The highest BCUT2D eigenvalue weighted by Gasteiger charge is 2.34. The van der Waals surface area contributed by atoms with Crippen molar-refractivity contribution in [2.24, 2.45) is 5.41 Å². The van der Waals surface area contributed by atoms with Crippen LogP contribution in [0.15, 0.2) is 24.3 Å². The lowest BCUT2D eigenvalue weighted by molar-refractivity contribution is -0.131. The van der Waals surface area contributed by atoms with Crippen molar-refractivity contribution in [3.63, 3.8) is 0 Å². The average molecular weight is 262 g/mol. The topological polar surface area (TPSA) is 61.4 Å². The Hall–Kier alpha value is -1.39. The summed E-state index contributed by atoms with van der Waals surface area (Å²) in [6.07, 6.45) is 1.78. The summed E-state index contributed by atoms with van der Waals surface area (Å²) >= 11 is 0. The van der Waals surface area contributed by atoms with Crippen molar-refractivity contribution in [1.29, 1.82) is 0 Å². The molecule has 1 aromatic carbocycles. The molecule has 1 aliphatic heterocycles. The minimum Gasteiger partial charge on any atom is -0.392 e. The van der Waals surface area contributed by atoms with Crippen LogP contribution >= 0.6 is 0 Å². The highest BCUT2D eigenvalue weighted by Crippen LogP contribution is 2.28. The molecule has 0 atom stereocenters. The van der Waals surface area contributed by atoms with Gasteiger partial charge in [-0.25, -0.2) is 0 Å². The maximum atomic E-state index is 12.2. The second-order valence-corrected chi connectivity index (χ2v) is 5.47. The number of benzene rings is 1. The minimum absolute atomic E-state index is 0.0533. The fraction of sp³-hybridized carbons (Fsp3) is 0.533. The molecular weight excluding hydrogens is 240 g/mol. The van der Waals surface area contributed by atoms with E-state index in [1.54, 1.807) is 0 Å². The highest BCUT2D eigenvalue weighted by molar-refractivity contribution is 5.82. The molecule has 0 unspecified atom stereocenters. The van der Waals surface area contributed by atoms with Crippen LogP contribution in [0.25, 0.3) is 0 Å². The van der Waals surface area contributed by atoms with E-state index in [2.05, 4.69) is 10.6 Å². The smallest absolute Gasteiger partial charge is 0.226 e. The third-order valence-corrected chi connectivity index (χ3v) is 3.91. The standard InChI is InChI=1S/C15H22N2O2/c1-15(6-8-16-9-7-15)14(19)17-10-12-2-4-13(11-18)5-3-12/h2-5,16,18H,6-11H2,1H3,(H,17,19). The fourth-order valence-corrected chi connectivity index (χ4v) is 2.36. The predicted molar refractivity (Wildman–Crippen MR) is 74.4 cm³/mol. The molecule has 0 bridgehead atoms. The number of hydrogen-bond acceptors (Lipinski definition) is 3. The molecule has 1 aliphatic rings. The average Bonchev–Trinajstić information content (AvgIpc) is 2.46. The van der Waals surface area contributed by atoms with Crippen LogP contribution in [0.3, 0.4) is 0 Å². The molecule has 0 spiro atoms. The van der Waals surface area contributed by atoms with Gasteiger partial charge in [0.1, 0.15) is 0 Å². The molecule has 0 aliphatic carbocycles. The predicted octanol–water partition coefficient (Wildman–Crippen LogP) is 1.18. The van der Waals surface area contributed by atoms with Crippen molar-refractivity contribution in [1.82, 2.24) is 10.6 Å². The number of nitrogens with one attached hydrogen (secondary N) is 2. The summed E-state index contributed by atoms with van der Waals surface area (Å²) in [4.78, 5) is 12.2. The van der Waals surface area contributed by atoms with Gasteiger partial charge in [-0.1, -0.05) is 31.2 Å². The van der Waals surface area contributed by atoms with Gasteiger partial charge >= 0.3 is 0 Å². The molecule has 0 aromatic heterocycles. The second-order valence-electron chi connectivity index (χ2n) is 5.47. The zero-order valence-electron chi connectivity index (χ0n) is 11.4. The summed E-state index contributed by atoms with van der Waals surface area (Å²) in [5.74, 6) is 0.139. The van der Waals surface area contributed by atoms with E-state index in [-0.39, 0.29) is 17.9 Å². The molecule has 4 nitrogen and oxygen atoms in total. The van der Waals surface area contributed by atoms with Crippen LogP contribution in [0.1, 0.15) is 30.9 Å². The number of amides is 1. The lowest BCUT2D eigenvalue weighted by Gasteiger charge is -2.32. The Morgan fingerprint density at radius 3 is 2.42 bits per heavy atom. The zero-order valence-corrected chi connectivity index (χ0v) is 11.4. The van der Waals surface area contributed by atoms with Gasteiger partial charge in [-0.15, -0.1) is 0 Å². The summed E-state index contributed by atoms with van der Waals surface area (Å²) in [7, 11) is 0. The van der Waals surface area contributed by atoms with Crippen LogP contribution in [0, 0.1) is 5.41 Å². The Kier molecular flexibility index (Phi) is 4.56. The van der Waals surface area contributed by atoms with E-state index in [4.69, 9.17) is 5.11 Å². The molecule has 1 saturated heterocycles. The number of aliphatic hydroxyl groups excluding tert-OH is 1. The summed E-state index contributed by atoms with van der Waals surface area (Å²) in [6.45, 7) is 4.47. The Balaban J connectivity index is 1.88. The van der Waals surface area contributed by atoms with Crippen molar-refractivity contribution in [2.45, 2.75) is 32.9 Å². The van der Waals surface area contributed by atoms with Crippen molar-refractivity contribution in [3.05, 3.63) is 35.4 Å². The third kappa shape index (κ3) is 3.55. The van der Waals surface area contributed by atoms with Crippen molar-refractivity contribution in [2.75, 3.05) is 13.1 Å². The molecule has 3 N–H and O–H groups in total. The van der Waals surface area contributed by atoms with Crippen LogP contribution in [0.4, 0.5) is 0 Å². The summed E-state index contributed by atoms with van der Waals surface area (Å²) < 4.78 is 0. The van der Waals surface area contributed by atoms with Crippen LogP contribution in [0.5, 0.6) is 0 Å². The number of hydrogen-bond donors (Lipinski definition) is 3. The van der Waals surface area contributed by atoms with Crippen molar-refractivity contribution < 1.29 is 9.90 Å². The molecule has 1 aromatic rings. The first-order valence-electron chi connectivity index (χ1n) is 6.82. The number of aliphatic hydroxyl groups is 1. The summed E-state index contributed by atoms with van der Waals surface area (Å²) in [5, 5.41) is 15.3. The maximum absolute atomic E-state index is 12.2. The number of piperidine rings is 1. The molecule has 104 valence electrons. The van der Waals surface area contributed by atoms with Gasteiger partial charge in [0.25, 0.3) is 0 Å². The van der Waals surface area contributed by atoms with Crippen LogP contribution < -0.4 is 10.6 Å². The third-order valence-electron chi connectivity index (χ3n) is 3.91. The van der Waals surface area contributed by atoms with Gasteiger partial charge in [0.2, 0.25) is 5.91 Å². The van der Waals surface area contributed by atoms with E-state index in [9.17, 15) is 4.79 Å². The van der Waals surface area contributed by atoms with Gasteiger partial charge in [-0.05, 0) is 37.1 Å². The molecule has 1 fully saturated rings. The van der Waals surface area contributed by atoms with Crippen molar-refractivity contribution in [3.8, 4) is 0 Å².